The number of piperidine rings is 1. The molecule has 0 bridgehead atoms. The molecule has 3 nitrogen and oxygen atoms in total. The van der Waals surface area contributed by atoms with Crippen molar-refractivity contribution in [3.8, 4) is 0 Å². The molecule has 2 rings (SSSR count). The number of amides is 1. The van der Waals surface area contributed by atoms with Crippen molar-refractivity contribution in [3.63, 3.8) is 0 Å². The monoisotopic (exact) mass is 205 g/mol. The summed E-state index contributed by atoms with van der Waals surface area (Å²) in [6.45, 7) is 1.32. The average Bonchev–Trinajstić information content (AvgIpc) is 2.31. The fourth-order valence-corrected chi connectivity index (χ4v) is 2.31. The van der Waals surface area contributed by atoms with E-state index in [4.69, 9.17) is 0 Å². The number of carboxylic acid groups (broad SMARTS) is 1. The SMILES string of the molecule is O=C([O-])[N+]1(c2ccccc2)CCCCC1. The van der Waals surface area contributed by atoms with Crippen LogP contribution in [0, 0.1) is 0 Å². The predicted molar refractivity (Wildman–Crippen MR) is 57.2 cm³/mol. The summed E-state index contributed by atoms with van der Waals surface area (Å²) in [5.41, 5.74) is 0.845. The Balaban J connectivity index is 2.38. The van der Waals surface area contributed by atoms with E-state index in [-0.39, 0.29) is 4.48 Å². The zero-order valence-electron chi connectivity index (χ0n) is 8.69. The number of hydrogen-bond donors (Lipinski definition) is 0. The second-order valence-corrected chi connectivity index (χ2v) is 4.08. The molecular formula is C12H15NO2. The highest BCUT2D eigenvalue weighted by atomic mass is 16.4. The molecular weight excluding hydrogens is 190 g/mol. The van der Waals surface area contributed by atoms with Crippen molar-refractivity contribution in [2.24, 2.45) is 0 Å². The quantitative estimate of drug-likeness (QED) is 0.652. The van der Waals surface area contributed by atoms with Crippen molar-refractivity contribution in [1.82, 2.24) is 4.48 Å². The highest BCUT2D eigenvalue weighted by molar-refractivity contribution is 5.79. The standard InChI is InChI=1S/C12H15NO2/c14-12(15)13(9-5-2-6-10-13)11-7-3-1-4-8-11/h1,3-4,7-8H,2,5-6,9-10H2. The number of carbonyl (C=O) groups is 1. The zero-order chi connectivity index (χ0) is 10.7. The van der Waals surface area contributed by atoms with Crippen LogP contribution in [0.25, 0.3) is 0 Å². The molecule has 1 fully saturated rings. The van der Waals surface area contributed by atoms with Crippen LogP contribution in [0.5, 0.6) is 0 Å². The van der Waals surface area contributed by atoms with Crippen molar-refractivity contribution in [2.45, 2.75) is 19.3 Å². The van der Waals surface area contributed by atoms with Crippen LogP contribution in [-0.4, -0.2) is 19.2 Å². The van der Waals surface area contributed by atoms with Crippen molar-refractivity contribution in [1.29, 1.82) is 0 Å². The van der Waals surface area contributed by atoms with E-state index in [2.05, 4.69) is 0 Å². The van der Waals surface area contributed by atoms with E-state index in [1.807, 2.05) is 30.3 Å². The van der Waals surface area contributed by atoms with Gasteiger partial charge in [-0.15, -0.1) is 0 Å². The molecule has 0 radical (unpaired) electrons. The lowest BCUT2D eigenvalue weighted by molar-refractivity contribution is -0.265. The topological polar surface area (TPSA) is 40.1 Å². The summed E-state index contributed by atoms with van der Waals surface area (Å²) in [6.07, 6.45) is 2.08. The largest absolute Gasteiger partial charge is 0.498 e. The Morgan fingerprint density at radius 2 is 1.67 bits per heavy atom. The second kappa shape index (κ2) is 4.03. The van der Waals surface area contributed by atoms with Gasteiger partial charge in [0.2, 0.25) is 0 Å². The molecule has 1 aliphatic rings. The second-order valence-electron chi connectivity index (χ2n) is 4.08. The molecule has 80 valence electrons. The molecule has 0 spiro atoms. The van der Waals surface area contributed by atoms with Gasteiger partial charge in [-0.1, -0.05) is 18.2 Å². The molecule has 1 aliphatic heterocycles. The highest BCUT2D eigenvalue weighted by Gasteiger charge is 2.34. The maximum absolute atomic E-state index is 11.3. The summed E-state index contributed by atoms with van der Waals surface area (Å²) < 4.78 is 0.000833. The molecule has 15 heavy (non-hydrogen) atoms. The van der Waals surface area contributed by atoms with Gasteiger partial charge in [0.05, 0.1) is 13.1 Å². The molecule has 1 aromatic carbocycles. The van der Waals surface area contributed by atoms with Crippen molar-refractivity contribution >= 4 is 11.8 Å². The van der Waals surface area contributed by atoms with Crippen LogP contribution in [0.2, 0.25) is 0 Å². The van der Waals surface area contributed by atoms with Crippen molar-refractivity contribution < 1.29 is 9.90 Å². The number of benzene rings is 1. The molecule has 0 N–H and O–H groups in total. The number of hydrogen-bond acceptors (Lipinski definition) is 2. The van der Waals surface area contributed by atoms with E-state index in [1.165, 1.54) is 0 Å². The first-order chi connectivity index (χ1) is 7.26. The van der Waals surface area contributed by atoms with E-state index < -0.39 is 6.09 Å². The summed E-state index contributed by atoms with van der Waals surface area (Å²) in [5.74, 6) is 0. The third kappa shape index (κ3) is 1.75. The lowest BCUT2D eigenvalue weighted by atomic mass is 10.1. The summed E-state index contributed by atoms with van der Waals surface area (Å²) in [7, 11) is 0. The molecule has 0 saturated carbocycles. The van der Waals surface area contributed by atoms with Gasteiger partial charge >= 0.3 is 0 Å². The Labute approximate surface area is 89.5 Å². The average molecular weight is 205 g/mol. The lowest BCUT2D eigenvalue weighted by Crippen LogP contribution is -2.62. The van der Waals surface area contributed by atoms with Gasteiger partial charge < -0.3 is 9.90 Å². The molecule has 0 aliphatic carbocycles. The summed E-state index contributed by atoms with van der Waals surface area (Å²) >= 11 is 0. The fraction of sp³-hybridized carbons (Fsp3) is 0.417. The molecule has 3 heteroatoms. The highest BCUT2D eigenvalue weighted by Crippen LogP contribution is 2.27. The lowest BCUT2D eigenvalue weighted by Gasteiger charge is -2.40. The van der Waals surface area contributed by atoms with Crippen LogP contribution >= 0.6 is 0 Å². The van der Waals surface area contributed by atoms with Crippen molar-refractivity contribution in [2.75, 3.05) is 13.1 Å². The number of likely N-dealkylation sites (tertiary alicyclic amines) is 1. The minimum Gasteiger partial charge on any atom is -0.498 e. The number of para-hydroxylation sites is 1. The van der Waals surface area contributed by atoms with Crippen LogP contribution in [0.15, 0.2) is 30.3 Å². The minimum atomic E-state index is -0.971. The van der Waals surface area contributed by atoms with Gasteiger partial charge in [0.15, 0.2) is 0 Å². The number of carbonyl (C=O) groups excluding carboxylic acids is 1. The van der Waals surface area contributed by atoms with Gasteiger partial charge in [-0.3, -0.25) is 0 Å². The molecule has 0 aromatic heterocycles. The Hall–Kier alpha value is -1.35. The summed E-state index contributed by atoms with van der Waals surface area (Å²) in [4.78, 5) is 11.3. The van der Waals surface area contributed by atoms with Crippen LogP contribution < -0.4 is 9.59 Å². The van der Waals surface area contributed by atoms with Crippen LogP contribution in [0.3, 0.4) is 0 Å². The number of quaternary nitrogens is 1. The first-order valence-corrected chi connectivity index (χ1v) is 5.40. The smallest absolute Gasteiger partial charge is 0.262 e. The normalized spacial score (nSPS) is 19.7. The van der Waals surface area contributed by atoms with Gasteiger partial charge in [-0.2, -0.15) is 0 Å². The summed E-state index contributed by atoms with van der Waals surface area (Å²) in [5, 5.41) is 11.3. The minimum absolute atomic E-state index is 0.000833. The Morgan fingerprint density at radius 3 is 2.20 bits per heavy atom. The van der Waals surface area contributed by atoms with E-state index in [0.717, 1.165) is 24.9 Å². The molecule has 0 unspecified atom stereocenters. The van der Waals surface area contributed by atoms with E-state index in [9.17, 15) is 9.90 Å². The fourth-order valence-electron chi connectivity index (χ4n) is 2.31. The molecule has 0 atom stereocenters. The van der Waals surface area contributed by atoms with E-state index in [0.29, 0.717) is 13.1 Å². The van der Waals surface area contributed by atoms with E-state index >= 15 is 0 Å². The van der Waals surface area contributed by atoms with Gasteiger partial charge in [0.1, 0.15) is 5.69 Å². The molecule has 1 aromatic rings. The third-order valence-corrected chi connectivity index (χ3v) is 3.18. The maximum atomic E-state index is 11.3. The zero-order valence-corrected chi connectivity index (χ0v) is 8.69. The third-order valence-electron chi connectivity index (χ3n) is 3.18. The molecule has 1 saturated heterocycles. The molecule has 1 heterocycles. The van der Waals surface area contributed by atoms with E-state index in [1.54, 1.807) is 0 Å². The maximum Gasteiger partial charge on any atom is 0.262 e. The van der Waals surface area contributed by atoms with Crippen molar-refractivity contribution in [3.05, 3.63) is 30.3 Å². The molecule has 1 amide bonds. The predicted octanol–water partition coefficient (Wildman–Crippen LogP) is 1.52. The van der Waals surface area contributed by atoms with Gasteiger partial charge in [-0.05, 0) is 31.4 Å². The van der Waals surface area contributed by atoms with Crippen LogP contribution in [-0.2, 0) is 0 Å². The Morgan fingerprint density at radius 1 is 1.07 bits per heavy atom. The van der Waals surface area contributed by atoms with Gasteiger partial charge in [0, 0.05) is 0 Å². The summed E-state index contributed by atoms with van der Waals surface area (Å²) in [6, 6.07) is 9.42. The Bertz CT molecular complexity index is 342. The Kier molecular flexibility index (Phi) is 2.73. The first-order valence-electron chi connectivity index (χ1n) is 5.40. The van der Waals surface area contributed by atoms with Gasteiger partial charge in [-0.25, -0.2) is 4.48 Å². The number of nitrogens with zero attached hydrogens (tertiary/aromatic N) is 1. The van der Waals surface area contributed by atoms with Crippen LogP contribution in [0.4, 0.5) is 10.5 Å². The number of rotatable bonds is 1. The first kappa shape index (κ1) is 10.2. The van der Waals surface area contributed by atoms with Crippen LogP contribution in [0.1, 0.15) is 19.3 Å². The van der Waals surface area contributed by atoms with Gasteiger partial charge in [0.25, 0.3) is 6.09 Å².